The van der Waals surface area contributed by atoms with Gasteiger partial charge in [0.15, 0.2) is 0 Å². The average molecular weight is 516 g/mol. The predicted molar refractivity (Wildman–Crippen MR) is 137 cm³/mol. The van der Waals surface area contributed by atoms with E-state index in [9.17, 15) is 14.0 Å². The fourth-order valence-electron chi connectivity index (χ4n) is 4.43. The van der Waals surface area contributed by atoms with Crippen LogP contribution >= 0.6 is 11.6 Å². The van der Waals surface area contributed by atoms with E-state index in [0.717, 1.165) is 5.56 Å². The molecule has 2 heterocycles. The number of benzene rings is 2. The number of carbonyl (C=O) groups is 2. The molecule has 2 bridgehead atoms. The van der Waals surface area contributed by atoms with E-state index in [1.165, 1.54) is 18.2 Å². The van der Waals surface area contributed by atoms with Crippen molar-refractivity contribution in [1.82, 2.24) is 9.80 Å². The monoisotopic (exact) mass is 515 g/mol. The van der Waals surface area contributed by atoms with Crippen LogP contribution in [0.4, 0.5) is 14.9 Å². The van der Waals surface area contributed by atoms with Crippen LogP contribution in [0.2, 0.25) is 5.02 Å². The summed E-state index contributed by atoms with van der Waals surface area (Å²) in [5.74, 6) is -0.374. The third-order valence-electron chi connectivity index (χ3n) is 6.07. The summed E-state index contributed by atoms with van der Waals surface area (Å²) in [6.07, 6.45) is 2.58. The second-order valence-corrected chi connectivity index (χ2v) is 10.5. The zero-order valence-corrected chi connectivity index (χ0v) is 21.4. The molecule has 2 aliphatic rings. The highest BCUT2D eigenvalue weighted by Gasteiger charge is 2.39. The van der Waals surface area contributed by atoms with Crippen molar-refractivity contribution in [3.05, 3.63) is 70.5 Å². The minimum Gasteiger partial charge on any atom is -0.444 e. The molecule has 0 aliphatic carbocycles. The largest absolute Gasteiger partial charge is 0.444 e. The van der Waals surface area contributed by atoms with E-state index in [-0.39, 0.29) is 23.8 Å². The van der Waals surface area contributed by atoms with Crippen LogP contribution in [0, 0.1) is 5.82 Å². The first kappa shape index (κ1) is 26.1. The number of rotatable bonds is 5. The number of amides is 2. The van der Waals surface area contributed by atoms with Crippen LogP contribution in [0.5, 0.6) is 0 Å². The Bertz CT molecular complexity index is 1120. The summed E-state index contributed by atoms with van der Waals surface area (Å²) in [7, 11) is 0. The highest BCUT2D eigenvalue weighted by atomic mass is 35.5. The maximum absolute atomic E-state index is 13.3. The van der Waals surface area contributed by atoms with E-state index in [0.29, 0.717) is 49.1 Å². The molecule has 2 atom stereocenters. The number of ether oxygens (including phenoxy) is 2. The zero-order valence-electron chi connectivity index (χ0n) is 20.7. The van der Waals surface area contributed by atoms with Crippen molar-refractivity contribution in [2.45, 2.75) is 45.0 Å². The number of nitrogens with zero attached hydrogens (tertiary/aromatic N) is 2. The van der Waals surface area contributed by atoms with E-state index in [2.05, 4.69) is 10.2 Å². The number of hydrogen-bond acceptors (Lipinski definition) is 5. The van der Waals surface area contributed by atoms with Gasteiger partial charge in [-0.1, -0.05) is 29.8 Å². The summed E-state index contributed by atoms with van der Waals surface area (Å²) in [5, 5.41) is 3.16. The normalized spacial score (nSPS) is 20.4. The van der Waals surface area contributed by atoms with Crippen LogP contribution in [-0.4, -0.2) is 65.8 Å². The van der Waals surface area contributed by atoms with E-state index in [1.54, 1.807) is 57.2 Å². The van der Waals surface area contributed by atoms with E-state index < -0.39 is 11.7 Å². The lowest BCUT2D eigenvalue weighted by Gasteiger charge is -2.49. The quantitative estimate of drug-likeness (QED) is 0.570. The molecule has 0 aromatic heterocycles. The Labute approximate surface area is 215 Å². The smallest absolute Gasteiger partial charge is 0.412 e. The van der Waals surface area contributed by atoms with Crippen LogP contribution < -0.4 is 5.32 Å². The maximum atomic E-state index is 13.3. The molecule has 9 heteroatoms. The molecule has 192 valence electrons. The van der Waals surface area contributed by atoms with Gasteiger partial charge in [0.1, 0.15) is 11.4 Å². The van der Waals surface area contributed by atoms with Gasteiger partial charge in [-0.05, 0) is 62.2 Å². The Morgan fingerprint density at radius 3 is 2.44 bits per heavy atom. The summed E-state index contributed by atoms with van der Waals surface area (Å²) in [6, 6.07) is 11.7. The number of fused-ring (bicyclic) bond motifs is 2. The van der Waals surface area contributed by atoms with Crippen LogP contribution in [-0.2, 0) is 20.8 Å². The summed E-state index contributed by atoms with van der Waals surface area (Å²) >= 11 is 6.13. The Hall–Kier alpha value is -2.94. The lowest BCUT2D eigenvalue weighted by atomic mass is 10.0. The van der Waals surface area contributed by atoms with E-state index >= 15 is 0 Å². The van der Waals surface area contributed by atoms with Gasteiger partial charge < -0.3 is 14.4 Å². The van der Waals surface area contributed by atoms with Crippen LogP contribution in [0.25, 0.3) is 6.08 Å². The minimum absolute atomic E-state index is 0.0554. The number of carbonyl (C=O) groups excluding carboxylic acids is 2. The SMILES string of the molecule is CC(C)(C)OC(=O)Nc1cc(Cl)ccc1/C=C/C(=O)N1CC2COCC(C1)N2Cc1ccc(F)cc1. The predicted octanol–water partition coefficient (Wildman–Crippen LogP) is 4.95. The third kappa shape index (κ3) is 6.84. The Kier molecular flexibility index (Phi) is 7.97. The molecule has 0 saturated carbocycles. The molecule has 2 aromatic carbocycles. The Morgan fingerprint density at radius 2 is 1.81 bits per heavy atom. The summed E-state index contributed by atoms with van der Waals surface area (Å²) in [4.78, 5) is 29.5. The highest BCUT2D eigenvalue weighted by molar-refractivity contribution is 6.31. The van der Waals surface area contributed by atoms with Gasteiger partial charge in [-0.15, -0.1) is 0 Å². The molecular formula is C27H31ClFN3O4. The zero-order chi connectivity index (χ0) is 25.9. The topological polar surface area (TPSA) is 71.1 Å². The number of halogens is 2. The summed E-state index contributed by atoms with van der Waals surface area (Å²) in [6.45, 7) is 8.16. The fourth-order valence-corrected chi connectivity index (χ4v) is 4.60. The van der Waals surface area contributed by atoms with Crippen molar-refractivity contribution < 1.29 is 23.5 Å². The van der Waals surface area contributed by atoms with Crippen LogP contribution in [0.1, 0.15) is 31.9 Å². The number of morpholine rings is 1. The molecule has 2 aromatic rings. The molecule has 4 rings (SSSR count). The molecule has 2 aliphatic heterocycles. The van der Waals surface area contributed by atoms with Gasteiger partial charge in [0.05, 0.1) is 31.0 Å². The first-order valence-corrected chi connectivity index (χ1v) is 12.3. The molecule has 36 heavy (non-hydrogen) atoms. The Balaban J connectivity index is 1.42. The number of anilines is 1. The van der Waals surface area contributed by atoms with Gasteiger partial charge in [0.25, 0.3) is 0 Å². The highest BCUT2D eigenvalue weighted by Crippen LogP contribution is 2.26. The molecule has 0 spiro atoms. The standard InChI is InChI=1S/C27H31ClFN3O4/c1-27(2,3)36-26(34)30-24-12-20(28)8-6-19(24)7-11-25(33)31-14-22-16-35-17-23(15-31)32(22)13-18-4-9-21(29)10-5-18/h4-12,22-23H,13-17H2,1-3H3,(H,30,34)/b11-7+. The number of nitrogens with one attached hydrogen (secondary N) is 1. The average Bonchev–Trinajstić information content (AvgIpc) is 2.78. The third-order valence-corrected chi connectivity index (χ3v) is 6.30. The van der Waals surface area contributed by atoms with Crippen molar-refractivity contribution in [2.75, 3.05) is 31.6 Å². The lowest BCUT2D eigenvalue weighted by Crippen LogP contribution is -2.64. The summed E-state index contributed by atoms with van der Waals surface area (Å²) < 4.78 is 24.4. The van der Waals surface area contributed by atoms with Crippen molar-refractivity contribution >= 4 is 35.4 Å². The molecule has 1 N–H and O–H groups in total. The molecule has 2 saturated heterocycles. The minimum atomic E-state index is -0.644. The summed E-state index contributed by atoms with van der Waals surface area (Å²) in [5.41, 5.74) is 1.47. The van der Waals surface area contributed by atoms with Crippen molar-refractivity contribution in [1.29, 1.82) is 0 Å². The Morgan fingerprint density at radius 1 is 1.14 bits per heavy atom. The van der Waals surface area contributed by atoms with Gasteiger partial charge in [-0.25, -0.2) is 9.18 Å². The van der Waals surface area contributed by atoms with Gasteiger partial charge in [0, 0.05) is 30.7 Å². The molecule has 7 nitrogen and oxygen atoms in total. The van der Waals surface area contributed by atoms with Gasteiger partial charge in [-0.3, -0.25) is 15.0 Å². The molecule has 2 unspecified atom stereocenters. The first-order chi connectivity index (χ1) is 17.1. The van der Waals surface area contributed by atoms with Gasteiger partial charge in [-0.2, -0.15) is 0 Å². The first-order valence-electron chi connectivity index (χ1n) is 11.9. The van der Waals surface area contributed by atoms with Crippen LogP contribution in [0.3, 0.4) is 0 Å². The molecule has 0 radical (unpaired) electrons. The number of piperazine rings is 1. The number of hydrogen-bond donors (Lipinski definition) is 1. The van der Waals surface area contributed by atoms with Gasteiger partial charge >= 0.3 is 6.09 Å². The van der Waals surface area contributed by atoms with Crippen molar-refractivity contribution in [3.63, 3.8) is 0 Å². The maximum Gasteiger partial charge on any atom is 0.412 e. The molecular weight excluding hydrogens is 485 g/mol. The van der Waals surface area contributed by atoms with Crippen molar-refractivity contribution in [3.8, 4) is 0 Å². The van der Waals surface area contributed by atoms with Crippen LogP contribution in [0.15, 0.2) is 48.5 Å². The van der Waals surface area contributed by atoms with Gasteiger partial charge in [0.2, 0.25) is 5.91 Å². The second kappa shape index (κ2) is 11.0. The van der Waals surface area contributed by atoms with Crippen molar-refractivity contribution in [2.24, 2.45) is 0 Å². The van der Waals surface area contributed by atoms with E-state index in [1.807, 2.05) is 4.90 Å². The van der Waals surface area contributed by atoms with E-state index in [4.69, 9.17) is 21.1 Å². The fraction of sp³-hybridized carbons (Fsp3) is 0.407. The lowest BCUT2D eigenvalue weighted by molar-refractivity contribution is -0.141. The molecule has 2 amide bonds. The molecule has 2 fully saturated rings. The second-order valence-electron chi connectivity index (χ2n) is 10.1.